The Morgan fingerprint density at radius 1 is 0.957 bits per heavy atom. The molecule has 0 aliphatic rings. The van der Waals surface area contributed by atoms with Crippen molar-refractivity contribution in [3.05, 3.63) is 42.0 Å². The third-order valence-electron chi connectivity index (χ3n) is 3.82. The number of benzene rings is 2. The number of phenols is 2. The standard InChI is InChI=1S/C18H16O5/c1-10-14(19)6-4-13(18(10)20)15-7-5-12-16(22-3)8-11(21-2)9-17(12)23-15/h4-9H,1-3H3,(H-,19,20)/p+1. The van der Waals surface area contributed by atoms with E-state index in [1.54, 1.807) is 45.4 Å². The molecular formula is C18H17O5+. The molecule has 0 saturated carbocycles. The van der Waals surface area contributed by atoms with Crippen molar-refractivity contribution in [3.8, 4) is 34.3 Å². The van der Waals surface area contributed by atoms with Crippen LogP contribution in [0.15, 0.2) is 40.8 Å². The van der Waals surface area contributed by atoms with Crippen LogP contribution in [-0.4, -0.2) is 24.4 Å². The molecule has 0 fully saturated rings. The van der Waals surface area contributed by atoms with Crippen LogP contribution in [0.1, 0.15) is 5.56 Å². The number of hydrogen-bond acceptors (Lipinski definition) is 4. The second-order valence-electron chi connectivity index (χ2n) is 5.15. The summed E-state index contributed by atoms with van der Waals surface area (Å²) in [5.74, 6) is 1.76. The van der Waals surface area contributed by atoms with Crippen molar-refractivity contribution in [2.45, 2.75) is 6.92 Å². The maximum absolute atomic E-state index is 10.2. The van der Waals surface area contributed by atoms with E-state index >= 15 is 0 Å². The minimum atomic E-state index is -0.0111. The van der Waals surface area contributed by atoms with Crippen LogP contribution in [0.25, 0.3) is 22.3 Å². The van der Waals surface area contributed by atoms with Crippen molar-refractivity contribution in [1.82, 2.24) is 0 Å². The molecule has 23 heavy (non-hydrogen) atoms. The van der Waals surface area contributed by atoms with E-state index in [0.717, 1.165) is 5.39 Å². The fourth-order valence-electron chi connectivity index (χ4n) is 2.46. The number of methoxy groups -OCH3 is 2. The van der Waals surface area contributed by atoms with Gasteiger partial charge in [-0.05, 0) is 25.1 Å². The molecule has 5 nitrogen and oxygen atoms in total. The summed E-state index contributed by atoms with van der Waals surface area (Å²) < 4.78 is 16.5. The second kappa shape index (κ2) is 5.68. The Morgan fingerprint density at radius 2 is 1.74 bits per heavy atom. The van der Waals surface area contributed by atoms with Gasteiger partial charge in [-0.15, -0.1) is 0 Å². The Hall–Kier alpha value is -2.95. The predicted octanol–water partition coefficient (Wildman–Crippen LogP) is 4.12. The molecule has 0 atom stereocenters. The van der Waals surface area contributed by atoms with Crippen molar-refractivity contribution in [3.63, 3.8) is 0 Å². The summed E-state index contributed by atoms with van der Waals surface area (Å²) in [5.41, 5.74) is 1.48. The average Bonchev–Trinajstić information content (AvgIpc) is 2.58. The zero-order valence-electron chi connectivity index (χ0n) is 13.1. The SMILES string of the molecule is COc1cc(OC)c2ccc(-c3ccc(O)c(C)c3O)[o+]c2c1. The monoisotopic (exact) mass is 313 g/mol. The zero-order chi connectivity index (χ0) is 16.6. The van der Waals surface area contributed by atoms with E-state index in [1.165, 1.54) is 6.07 Å². The van der Waals surface area contributed by atoms with Crippen molar-refractivity contribution >= 4 is 11.0 Å². The van der Waals surface area contributed by atoms with Gasteiger partial charge < -0.3 is 19.7 Å². The van der Waals surface area contributed by atoms with Gasteiger partial charge in [0.05, 0.1) is 20.3 Å². The Kier molecular flexibility index (Phi) is 3.70. The summed E-state index contributed by atoms with van der Waals surface area (Å²) in [6, 6.07) is 10.3. The van der Waals surface area contributed by atoms with Crippen molar-refractivity contribution in [2.75, 3.05) is 14.2 Å². The molecule has 0 spiro atoms. The molecule has 0 radical (unpaired) electrons. The fourth-order valence-corrected chi connectivity index (χ4v) is 2.46. The van der Waals surface area contributed by atoms with Gasteiger partial charge in [-0.1, -0.05) is 0 Å². The van der Waals surface area contributed by atoms with Crippen LogP contribution in [0, 0.1) is 6.92 Å². The van der Waals surface area contributed by atoms with Gasteiger partial charge in [-0.3, -0.25) is 0 Å². The topological polar surface area (TPSA) is 70.2 Å². The lowest BCUT2D eigenvalue weighted by molar-refractivity contribution is 0.396. The van der Waals surface area contributed by atoms with E-state index in [4.69, 9.17) is 13.9 Å². The maximum atomic E-state index is 10.2. The molecule has 0 amide bonds. The molecule has 118 valence electrons. The molecule has 1 aromatic heterocycles. The summed E-state index contributed by atoms with van der Waals surface area (Å²) in [5, 5.41) is 20.7. The average molecular weight is 313 g/mol. The molecular weight excluding hydrogens is 296 g/mol. The van der Waals surface area contributed by atoms with Crippen molar-refractivity contribution in [1.29, 1.82) is 0 Å². The normalized spacial score (nSPS) is 10.7. The summed E-state index contributed by atoms with van der Waals surface area (Å²) in [6.45, 7) is 1.64. The highest BCUT2D eigenvalue weighted by Gasteiger charge is 2.22. The van der Waals surface area contributed by atoms with E-state index in [9.17, 15) is 10.2 Å². The van der Waals surface area contributed by atoms with E-state index in [2.05, 4.69) is 0 Å². The molecule has 5 heteroatoms. The van der Waals surface area contributed by atoms with Gasteiger partial charge in [0.15, 0.2) is 0 Å². The minimum absolute atomic E-state index is 0.0111. The van der Waals surface area contributed by atoms with E-state index in [1.807, 2.05) is 6.07 Å². The highest BCUT2D eigenvalue weighted by Crippen LogP contribution is 2.39. The van der Waals surface area contributed by atoms with Gasteiger partial charge in [0.1, 0.15) is 33.9 Å². The van der Waals surface area contributed by atoms with Crippen LogP contribution < -0.4 is 9.47 Å². The second-order valence-corrected chi connectivity index (χ2v) is 5.15. The quantitative estimate of drug-likeness (QED) is 0.712. The molecule has 0 saturated heterocycles. The first kappa shape index (κ1) is 15.0. The number of phenolic OH excluding ortho intramolecular Hbond substituents is 2. The van der Waals surface area contributed by atoms with Gasteiger partial charge in [0, 0.05) is 17.7 Å². The van der Waals surface area contributed by atoms with Gasteiger partial charge >= 0.3 is 11.3 Å². The van der Waals surface area contributed by atoms with Crippen LogP contribution in [0.2, 0.25) is 0 Å². The van der Waals surface area contributed by atoms with Crippen LogP contribution in [0.3, 0.4) is 0 Å². The third-order valence-corrected chi connectivity index (χ3v) is 3.82. The molecule has 0 unspecified atom stereocenters. The van der Waals surface area contributed by atoms with E-state index < -0.39 is 0 Å². The molecule has 3 rings (SSSR count). The Balaban J connectivity index is 2.22. The number of ether oxygens (including phenoxy) is 2. The Labute approximate surface area is 133 Å². The first-order chi connectivity index (χ1) is 11.0. The lowest BCUT2D eigenvalue weighted by Gasteiger charge is -2.06. The molecule has 1 heterocycles. The summed E-state index contributed by atoms with van der Waals surface area (Å²) in [7, 11) is 3.15. The zero-order valence-corrected chi connectivity index (χ0v) is 13.1. The lowest BCUT2D eigenvalue weighted by atomic mass is 10.1. The van der Waals surface area contributed by atoms with E-state index in [-0.39, 0.29) is 11.5 Å². The highest BCUT2D eigenvalue weighted by atomic mass is 16.5. The van der Waals surface area contributed by atoms with Crippen molar-refractivity contribution < 1.29 is 24.1 Å². The first-order valence-corrected chi connectivity index (χ1v) is 7.06. The molecule has 0 aliphatic carbocycles. The van der Waals surface area contributed by atoms with Gasteiger partial charge in [0.2, 0.25) is 0 Å². The minimum Gasteiger partial charge on any atom is -0.508 e. The maximum Gasteiger partial charge on any atom is 0.368 e. The van der Waals surface area contributed by atoms with Gasteiger partial charge in [-0.2, -0.15) is 0 Å². The van der Waals surface area contributed by atoms with Gasteiger partial charge in [-0.25, -0.2) is 4.42 Å². The fraction of sp³-hybridized carbons (Fsp3) is 0.167. The first-order valence-electron chi connectivity index (χ1n) is 7.06. The number of hydrogen-bond donors (Lipinski definition) is 2. The van der Waals surface area contributed by atoms with Crippen LogP contribution in [0.5, 0.6) is 23.0 Å². The van der Waals surface area contributed by atoms with Crippen LogP contribution in [0.4, 0.5) is 0 Å². The number of fused-ring (bicyclic) bond motifs is 1. The van der Waals surface area contributed by atoms with Gasteiger partial charge in [0.25, 0.3) is 0 Å². The molecule has 3 aromatic rings. The van der Waals surface area contributed by atoms with Crippen LogP contribution in [-0.2, 0) is 0 Å². The molecule has 0 aliphatic heterocycles. The number of rotatable bonds is 3. The molecule has 2 N–H and O–H groups in total. The van der Waals surface area contributed by atoms with E-state index in [0.29, 0.717) is 34.0 Å². The van der Waals surface area contributed by atoms with Crippen molar-refractivity contribution in [2.24, 2.45) is 0 Å². The number of aromatic hydroxyl groups is 2. The van der Waals surface area contributed by atoms with Crippen LogP contribution >= 0.6 is 0 Å². The Morgan fingerprint density at radius 3 is 2.43 bits per heavy atom. The molecule has 2 aromatic carbocycles. The lowest BCUT2D eigenvalue weighted by Crippen LogP contribution is -1.90. The molecule has 0 bridgehead atoms. The third kappa shape index (κ3) is 2.50. The summed E-state index contributed by atoms with van der Waals surface area (Å²) in [6.07, 6.45) is 0. The summed E-state index contributed by atoms with van der Waals surface area (Å²) in [4.78, 5) is 0. The predicted molar refractivity (Wildman–Crippen MR) is 87.2 cm³/mol. The smallest absolute Gasteiger partial charge is 0.368 e. The summed E-state index contributed by atoms with van der Waals surface area (Å²) >= 11 is 0. The highest BCUT2D eigenvalue weighted by molar-refractivity contribution is 5.87. The largest absolute Gasteiger partial charge is 0.508 e. The Bertz CT molecular complexity index is 886.